The van der Waals surface area contributed by atoms with Crippen LogP contribution < -0.4 is 4.74 Å². The van der Waals surface area contributed by atoms with Crippen LogP contribution in [0.15, 0.2) is 70.5 Å². The summed E-state index contributed by atoms with van der Waals surface area (Å²) in [6.45, 7) is 2.00. The molecule has 0 spiro atoms. The lowest BCUT2D eigenvalue weighted by Crippen LogP contribution is -2.15. The van der Waals surface area contributed by atoms with Crippen molar-refractivity contribution in [3.8, 4) is 5.75 Å². The van der Waals surface area contributed by atoms with E-state index in [-0.39, 0.29) is 28.6 Å². The molecule has 154 valence electrons. The van der Waals surface area contributed by atoms with Gasteiger partial charge in [0.15, 0.2) is 19.7 Å². The second-order valence-corrected chi connectivity index (χ2v) is 10.4. The zero-order valence-electron chi connectivity index (χ0n) is 15.6. The van der Waals surface area contributed by atoms with Gasteiger partial charge in [0.1, 0.15) is 17.6 Å². The molecule has 0 fully saturated rings. The average molecular weight is 437 g/mol. The molecule has 1 atom stereocenters. The summed E-state index contributed by atoms with van der Waals surface area (Å²) in [5.41, 5.74) is 0.195. The van der Waals surface area contributed by atoms with Gasteiger partial charge in [-0.1, -0.05) is 18.2 Å². The van der Waals surface area contributed by atoms with E-state index in [1.54, 1.807) is 25.1 Å². The smallest absolute Gasteiger partial charge is 0.330 e. The summed E-state index contributed by atoms with van der Waals surface area (Å²) >= 11 is 0. The largest absolute Gasteiger partial charge is 0.490 e. The molecule has 9 heteroatoms. The fourth-order valence-electron chi connectivity index (χ4n) is 3.04. The van der Waals surface area contributed by atoms with Crippen molar-refractivity contribution in [2.45, 2.75) is 22.0 Å². The highest BCUT2D eigenvalue weighted by Crippen LogP contribution is 2.42. The zero-order valence-corrected chi connectivity index (χ0v) is 17.3. The van der Waals surface area contributed by atoms with Crippen molar-refractivity contribution in [3.63, 3.8) is 0 Å². The number of ether oxygens (including phenoxy) is 2. The third kappa shape index (κ3) is 4.51. The monoisotopic (exact) mass is 436 g/mol. The van der Waals surface area contributed by atoms with Gasteiger partial charge in [-0.3, -0.25) is 0 Å². The van der Waals surface area contributed by atoms with Crippen LogP contribution in [0.5, 0.6) is 5.75 Å². The van der Waals surface area contributed by atoms with Gasteiger partial charge in [-0.2, -0.15) is 0 Å². The van der Waals surface area contributed by atoms with E-state index in [1.165, 1.54) is 42.5 Å². The van der Waals surface area contributed by atoms with Gasteiger partial charge in [-0.15, -0.1) is 0 Å². The lowest BCUT2D eigenvalue weighted by molar-refractivity contribution is -0.137. The Morgan fingerprint density at radius 3 is 2.59 bits per heavy atom. The van der Waals surface area contributed by atoms with E-state index in [4.69, 9.17) is 9.47 Å². The fourth-order valence-corrected chi connectivity index (χ4v) is 7.36. The number of sulfone groups is 2. The predicted molar refractivity (Wildman–Crippen MR) is 106 cm³/mol. The molecule has 0 saturated heterocycles. The van der Waals surface area contributed by atoms with E-state index < -0.39 is 36.6 Å². The molecule has 1 unspecified atom stereocenters. The van der Waals surface area contributed by atoms with Crippen molar-refractivity contribution >= 4 is 25.6 Å². The molecule has 0 bridgehead atoms. The molecule has 1 aliphatic heterocycles. The van der Waals surface area contributed by atoms with Gasteiger partial charge < -0.3 is 9.47 Å². The minimum absolute atomic E-state index is 0.00331. The van der Waals surface area contributed by atoms with E-state index in [2.05, 4.69) is 0 Å². The summed E-state index contributed by atoms with van der Waals surface area (Å²) < 4.78 is 61.3. The highest BCUT2D eigenvalue weighted by atomic mass is 32.2. The first-order valence-corrected chi connectivity index (χ1v) is 12.1. The maximum atomic E-state index is 13.0. The Morgan fingerprint density at radius 1 is 1.17 bits per heavy atom. The Kier molecular flexibility index (Phi) is 6.09. The summed E-state index contributed by atoms with van der Waals surface area (Å²) in [7, 11) is -7.61. The number of carbonyl (C=O) groups excluding carboxylic acids is 1. The van der Waals surface area contributed by atoms with Gasteiger partial charge in [0.05, 0.1) is 22.2 Å². The number of benzene rings is 2. The predicted octanol–water partition coefficient (Wildman–Crippen LogP) is 2.49. The zero-order chi connectivity index (χ0) is 21.1. The Labute approximate surface area is 169 Å². The number of hydrogen-bond acceptors (Lipinski definition) is 7. The number of rotatable bonds is 7. The molecule has 2 aromatic rings. The van der Waals surface area contributed by atoms with Crippen LogP contribution in [0.25, 0.3) is 0 Å². The van der Waals surface area contributed by atoms with Crippen LogP contribution in [-0.2, 0) is 29.2 Å². The molecule has 7 nitrogen and oxygen atoms in total. The van der Waals surface area contributed by atoms with Crippen LogP contribution in [0.4, 0.5) is 0 Å². The minimum atomic E-state index is -3.89. The summed E-state index contributed by atoms with van der Waals surface area (Å²) in [5, 5.41) is -1.21. The van der Waals surface area contributed by atoms with Gasteiger partial charge in [-0.05, 0) is 48.9 Å². The van der Waals surface area contributed by atoms with Crippen LogP contribution in [0, 0.1) is 0 Å². The summed E-state index contributed by atoms with van der Waals surface area (Å²) in [6, 6.07) is 12.0. The SMILES string of the molecule is CCOC(=O)/C=C/COc1ccc2c(c1)C(S(=O)(=O)c1ccccc1)CS2(=O)=O. The van der Waals surface area contributed by atoms with Crippen molar-refractivity contribution in [1.29, 1.82) is 0 Å². The lowest BCUT2D eigenvalue weighted by Gasteiger charge is -2.13. The van der Waals surface area contributed by atoms with Gasteiger partial charge >= 0.3 is 5.97 Å². The Bertz CT molecular complexity index is 1130. The molecule has 29 heavy (non-hydrogen) atoms. The van der Waals surface area contributed by atoms with Gasteiger partial charge in [-0.25, -0.2) is 21.6 Å². The van der Waals surface area contributed by atoms with E-state index in [0.29, 0.717) is 5.75 Å². The summed E-state index contributed by atoms with van der Waals surface area (Å²) in [4.78, 5) is 11.3. The molecular formula is C20H20O7S2. The topological polar surface area (TPSA) is 104 Å². The van der Waals surface area contributed by atoms with Crippen molar-refractivity contribution in [1.82, 2.24) is 0 Å². The quantitative estimate of drug-likeness (QED) is 0.485. The first-order chi connectivity index (χ1) is 13.8. The Hall–Kier alpha value is -2.65. The highest BCUT2D eigenvalue weighted by Gasteiger charge is 2.43. The van der Waals surface area contributed by atoms with Crippen LogP contribution in [0.1, 0.15) is 17.7 Å². The number of fused-ring (bicyclic) bond motifs is 1. The van der Waals surface area contributed by atoms with Gasteiger partial charge in [0, 0.05) is 6.08 Å². The number of hydrogen-bond donors (Lipinski definition) is 0. The Balaban J connectivity index is 1.87. The first kappa shape index (κ1) is 21.1. The molecular weight excluding hydrogens is 416 g/mol. The second kappa shape index (κ2) is 8.38. The average Bonchev–Trinajstić information content (AvgIpc) is 2.97. The van der Waals surface area contributed by atoms with Crippen molar-refractivity contribution < 1.29 is 31.1 Å². The van der Waals surface area contributed by atoms with E-state index in [0.717, 1.165) is 0 Å². The van der Waals surface area contributed by atoms with Crippen LogP contribution in [0.3, 0.4) is 0 Å². The molecule has 0 aliphatic carbocycles. The summed E-state index contributed by atoms with van der Waals surface area (Å²) in [5.74, 6) is -0.695. The standard InChI is InChI=1S/C20H20O7S2/c1-2-26-20(21)9-6-12-27-15-10-11-18-17(13-15)19(14-28(18,22)23)29(24,25)16-7-4-3-5-8-16/h3-11,13,19H,2,12,14H2,1H3/b9-6+. The molecule has 1 aliphatic rings. The highest BCUT2D eigenvalue weighted by molar-refractivity contribution is 7.96. The second-order valence-electron chi connectivity index (χ2n) is 6.29. The van der Waals surface area contributed by atoms with Crippen LogP contribution in [-0.4, -0.2) is 41.8 Å². The molecule has 0 N–H and O–H groups in total. The lowest BCUT2D eigenvalue weighted by atomic mass is 10.1. The van der Waals surface area contributed by atoms with Crippen LogP contribution in [0.2, 0.25) is 0 Å². The number of esters is 1. The molecule has 0 radical (unpaired) electrons. The normalized spacial score (nSPS) is 17.8. The van der Waals surface area contributed by atoms with E-state index >= 15 is 0 Å². The maximum absolute atomic E-state index is 13.0. The Morgan fingerprint density at radius 2 is 1.90 bits per heavy atom. The van der Waals surface area contributed by atoms with E-state index in [9.17, 15) is 21.6 Å². The van der Waals surface area contributed by atoms with Crippen molar-refractivity contribution in [3.05, 3.63) is 66.2 Å². The molecule has 0 saturated carbocycles. The van der Waals surface area contributed by atoms with Gasteiger partial charge in [0.25, 0.3) is 0 Å². The first-order valence-electron chi connectivity index (χ1n) is 8.87. The van der Waals surface area contributed by atoms with Crippen LogP contribution >= 0.6 is 0 Å². The minimum Gasteiger partial charge on any atom is -0.490 e. The van der Waals surface area contributed by atoms with Crippen molar-refractivity contribution in [2.75, 3.05) is 19.0 Å². The third-order valence-corrected chi connectivity index (χ3v) is 8.49. The molecule has 2 aromatic carbocycles. The molecule has 3 rings (SSSR count). The maximum Gasteiger partial charge on any atom is 0.330 e. The fraction of sp³-hybridized carbons (Fsp3) is 0.250. The van der Waals surface area contributed by atoms with Crippen molar-refractivity contribution in [2.24, 2.45) is 0 Å². The molecule has 0 amide bonds. The molecule has 1 heterocycles. The summed E-state index contributed by atoms with van der Waals surface area (Å²) in [6.07, 6.45) is 2.68. The van der Waals surface area contributed by atoms with Gasteiger partial charge in [0.2, 0.25) is 0 Å². The third-order valence-electron chi connectivity index (χ3n) is 4.37. The van der Waals surface area contributed by atoms with E-state index in [1.807, 2.05) is 0 Å². The molecule has 0 aromatic heterocycles. The number of carbonyl (C=O) groups is 1.